The molecule has 0 aliphatic carbocycles. The first-order valence-electron chi connectivity index (χ1n) is 7.02. The Morgan fingerprint density at radius 1 is 1.13 bits per heavy atom. The molecule has 0 saturated heterocycles. The summed E-state index contributed by atoms with van der Waals surface area (Å²) in [4.78, 5) is 7.34. The maximum absolute atomic E-state index is 12.7. The summed E-state index contributed by atoms with van der Waals surface area (Å²) in [6.45, 7) is 3.50. The van der Waals surface area contributed by atoms with Crippen LogP contribution in [0.3, 0.4) is 0 Å². The van der Waals surface area contributed by atoms with Crippen LogP contribution in [-0.4, -0.2) is 25.5 Å². The van der Waals surface area contributed by atoms with Gasteiger partial charge in [-0.25, -0.2) is 13.4 Å². The van der Waals surface area contributed by atoms with E-state index in [2.05, 4.69) is 14.7 Å². The number of rotatable bonds is 4. The maximum Gasteiger partial charge on any atom is 0.262 e. The van der Waals surface area contributed by atoms with Crippen LogP contribution in [0.2, 0.25) is 0 Å². The van der Waals surface area contributed by atoms with Crippen LogP contribution in [0, 0.1) is 13.8 Å². The molecule has 3 aromatic rings. The summed E-state index contributed by atoms with van der Waals surface area (Å²) in [6, 6.07) is 8.58. The van der Waals surface area contributed by atoms with Crippen molar-refractivity contribution >= 4 is 26.7 Å². The van der Waals surface area contributed by atoms with E-state index in [9.17, 15) is 8.42 Å². The molecule has 0 fully saturated rings. The summed E-state index contributed by atoms with van der Waals surface area (Å²) in [6.07, 6.45) is 1.57. The highest BCUT2D eigenvalue weighted by Crippen LogP contribution is 2.28. The van der Waals surface area contributed by atoms with Crippen molar-refractivity contribution in [1.82, 2.24) is 9.97 Å². The number of benzene rings is 2. The zero-order valence-corrected chi connectivity index (χ0v) is 13.9. The molecule has 2 aromatic carbocycles. The van der Waals surface area contributed by atoms with E-state index in [-0.39, 0.29) is 4.90 Å². The van der Waals surface area contributed by atoms with Gasteiger partial charge in [0, 0.05) is 0 Å². The summed E-state index contributed by atoms with van der Waals surface area (Å²) in [5.74, 6) is 0.637. The zero-order valence-electron chi connectivity index (χ0n) is 13.0. The molecule has 1 heterocycles. The molecule has 0 saturated carbocycles. The second kappa shape index (κ2) is 5.58. The number of aromatic nitrogens is 2. The second-order valence-electron chi connectivity index (χ2n) is 5.33. The van der Waals surface area contributed by atoms with E-state index in [1.807, 2.05) is 0 Å². The zero-order chi connectivity index (χ0) is 16.6. The lowest BCUT2D eigenvalue weighted by Gasteiger charge is -2.14. The number of imidazole rings is 1. The fourth-order valence-electron chi connectivity index (χ4n) is 2.66. The topological polar surface area (TPSA) is 84.1 Å². The number of fused-ring (bicyclic) bond motifs is 1. The number of methoxy groups -OCH3 is 1. The average molecular weight is 331 g/mol. The predicted molar refractivity (Wildman–Crippen MR) is 89.4 cm³/mol. The van der Waals surface area contributed by atoms with Gasteiger partial charge in [0.15, 0.2) is 0 Å². The second-order valence-corrected chi connectivity index (χ2v) is 6.95. The van der Waals surface area contributed by atoms with E-state index in [0.717, 1.165) is 11.0 Å². The van der Waals surface area contributed by atoms with Crippen molar-refractivity contribution in [2.75, 3.05) is 11.8 Å². The fraction of sp³-hybridized carbons (Fsp3) is 0.188. The van der Waals surface area contributed by atoms with Gasteiger partial charge in [-0.1, -0.05) is 0 Å². The molecular weight excluding hydrogens is 314 g/mol. The van der Waals surface area contributed by atoms with Gasteiger partial charge >= 0.3 is 0 Å². The lowest BCUT2D eigenvalue weighted by atomic mass is 10.1. The van der Waals surface area contributed by atoms with E-state index in [0.29, 0.717) is 22.6 Å². The molecule has 3 rings (SSSR count). The molecule has 7 heteroatoms. The molecule has 0 unspecified atom stereocenters. The normalized spacial score (nSPS) is 11.6. The van der Waals surface area contributed by atoms with Crippen LogP contribution >= 0.6 is 0 Å². The monoisotopic (exact) mass is 331 g/mol. The molecule has 0 amide bonds. The first kappa shape index (κ1) is 15.4. The Morgan fingerprint density at radius 3 is 2.48 bits per heavy atom. The molecule has 0 bridgehead atoms. The summed E-state index contributed by atoms with van der Waals surface area (Å²) < 4.78 is 33.3. The number of hydrogen-bond donors (Lipinski definition) is 2. The van der Waals surface area contributed by atoms with Crippen molar-refractivity contribution < 1.29 is 13.2 Å². The van der Waals surface area contributed by atoms with Crippen molar-refractivity contribution in [3.63, 3.8) is 0 Å². The lowest BCUT2D eigenvalue weighted by molar-refractivity contribution is 0.413. The largest absolute Gasteiger partial charge is 0.497 e. The first-order valence-corrected chi connectivity index (χ1v) is 8.50. The highest BCUT2D eigenvalue weighted by molar-refractivity contribution is 7.92. The Kier molecular flexibility index (Phi) is 3.73. The predicted octanol–water partition coefficient (Wildman–Crippen LogP) is 2.99. The van der Waals surface area contributed by atoms with Gasteiger partial charge in [0.25, 0.3) is 10.0 Å². The van der Waals surface area contributed by atoms with Crippen molar-refractivity contribution in [1.29, 1.82) is 0 Å². The van der Waals surface area contributed by atoms with Gasteiger partial charge in [-0.15, -0.1) is 0 Å². The summed E-state index contributed by atoms with van der Waals surface area (Å²) in [5, 5.41) is 0. The van der Waals surface area contributed by atoms with Crippen LogP contribution in [0.25, 0.3) is 11.0 Å². The molecule has 2 N–H and O–H groups in total. The van der Waals surface area contributed by atoms with E-state index in [1.165, 1.54) is 0 Å². The fourth-order valence-corrected chi connectivity index (χ4v) is 4.16. The minimum Gasteiger partial charge on any atom is -0.497 e. The molecule has 1 aromatic heterocycles. The molecule has 6 nitrogen and oxygen atoms in total. The van der Waals surface area contributed by atoms with Crippen LogP contribution in [0.15, 0.2) is 41.6 Å². The van der Waals surface area contributed by atoms with E-state index in [4.69, 9.17) is 4.74 Å². The maximum atomic E-state index is 12.7. The Balaban J connectivity index is 2.01. The lowest BCUT2D eigenvalue weighted by Crippen LogP contribution is -2.15. The van der Waals surface area contributed by atoms with Crippen molar-refractivity contribution in [2.45, 2.75) is 18.7 Å². The van der Waals surface area contributed by atoms with Crippen LogP contribution in [0.5, 0.6) is 5.75 Å². The van der Waals surface area contributed by atoms with Crippen LogP contribution < -0.4 is 9.46 Å². The number of H-pyrrole nitrogens is 1. The molecule has 0 spiro atoms. The number of aryl methyl sites for hydroxylation is 2. The van der Waals surface area contributed by atoms with E-state index in [1.54, 1.807) is 57.6 Å². The van der Waals surface area contributed by atoms with Gasteiger partial charge in [0.1, 0.15) is 5.75 Å². The van der Waals surface area contributed by atoms with E-state index < -0.39 is 10.0 Å². The molecule has 0 aliphatic heterocycles. The van der Waals surface area contributed by atoms with Crippen molar-refractivity contribution in [2.24, 2.45) is 0 Å². The minimum atomic E-state index is -3.69. The Labute approximate surface area is 134 Å². The third kappa shape index (κ3) is 2.87. The number of nitrogens with one attached hydrogen (secondary N) is 2. The van der Waals surface area contributed by atoms with Gasteiger partial charge in [-0.2, -0.15) is 0 Å². The number of anilines is 1. The van der Waals surface area contributed by atoms with E-state index >= 15 is 0 Å². The van der Waals surface area contributed by atoms with Crippen molar-refractivity contribution in [3.8, 4) is 5.75 Å². The number of hydrogen-bond acceptors (Lipinski definition) is 4. The third-order valence-corrected chi connectivity index (χ3v) is 5.30. The highest BCUT2D eigenvalue weighted by Gasteiger charge is 2.21. The molecular formula is C16H17N3O3S. The number of sulfonamides is 1. The number of ether oxygens (including phenoxy) is 1. The molecule has 23 heavy (non-hydrogen) atoms. The third-order valence-electron chi connectivity index (χ3n) is 3.61. The van der Waals surface area contributed by atoms with Gasteiger partial charge in [-0.3, -0.25) is 4.72 Å². The summed E-state index contributed by atoms with van der Waals surface area (Å²) in [7, 11) is -2.14. The Hall–Kier alpha value is -2.54. The number of aromatic amines is 1. The summed E-state index contributed by atoms with van der Waals surface area (Å²) in [5.41, 5.74) is 3.31. The SMILES string of the molecule is COc1cc(C)c(S(=O)(=O)Nc2ccc3nc[nH]c3c2)c(C)c1. The molecule has 120 valence electrons. The number of nitrogens with zero attached hydrogens (tertiary/aromatic N) is 1. The van der Waals surface area contributed by atoms with Crippen LogP contribution in [0.4, 0.5) is 5.69 Å². The minimum absolute atomic E-state index is 0.267. The smallest absolute Gasteiger partial charge is 0.262 e. The Bertz CT molecular complexity index is 954. The van der Waals surface area contributed by atoms with Gasteiger partial charge < -0.3 is 9.72 Å². The van der Waals surface area contributed by atoms with Crippen molar-refractivity contribution in [3.05, 3.63) is 47.8 Å². The van der Waals surface area contributed by atoms with Gasteiger partial charge in [0.2, 0.25) is 0 Å². The highest BCUT2D eigenvalue weighted by atomic mass is 32.2. The standard InChI is InChI=1S/C16H17N3O3S/c1-10-6-13(22-3)7-11(2)16(10)23(20,21)19-12-4-5-14-15(8-12)18-9-17-14/h4-9,19H,1-3H3,(H,17,18). The Morgan fingerprint density at radius 2 is 1.83 bits per heavy atom. The molecule has 0 atom stereocenters. The van der Waals surface area contributed by atoms with Crippen LogP contribution in [0.1, 0.15) is 11.1 Å². The molecule has 0 aliphatic rings. The quantitative estimate of drug-likeness (QED) is 0.770. The average Bonchev–Trinajstić information content (AvgIpc) is 2.93. The first-order chi connectivity index (χ1) is 10.9. The summed E-state index contributed by atoms with van der Waals surface area (Å²) >= 11 is 0. The van der Waals surface area contributed by atoms with Gasteiger partial charge in [-0.05, 0) is 55.3 Å². The molecule has 0 radical (unpaired) electrons. The van der Waals surface area contributed by atoms with Crippen LogP contribution in [-0.2, 0) is 10.0 Å². The van der Waals surface area contributed by atoms with Gasteiger partial charge in [0.05, 0.1) is 35.1 Å².